The molecule has 1 aromatic heterocycles. The largest absolute Gasteiger partial charge is 0.468 e. The van der Waals surface area contributed by atoms with Gasteiger partial charge in [-0.2, -0.15) is 0 Å². The fraction of sp³-hybridized carbons (Fsp3) is 0.400. The second-order valence-corrected chi connectivity index (χ2v) is 6.49. The molecule has 1 aromatic carbocycles. The third-order valence-corrected chi connectivity index (χ3v) is 4.67. The molecule has 138 valence electrons. The molecule has 2 heterocycles. The van der Waals surface area contributed by atoms with Gasteiger partial charge >= 0.3 is 11.8 Å². The summed E-state index contributed by atoms with van der Waals surface area (Å²) in [5.74, 6) is -0.403. The smallest absolute Gasteiger partial charge is 0.309 e. The number of fused-ring (bicyclic) bond motifs is 1. The van der Waals surface area contributed by atoms with E-state index in [1.807, 2.05) is 25.1 Å². The van der Waals surface area contributed by atoms with Gasteiger partial charge in [0, 0.05) is 26.2 Å². The van der Waals surface area contributed by atoms with Crippen molar-refractivity contribution in [2.24, 2.45) is 0 Å². The zero-order chi connectivity index (χ0) is 18.4. The van der Waals surface area contributed by atoms with Crippen molar-refractivity contribution in [2.45, 2.75) is 32.4 Å². The average molecular weight is 355 g/mol. The Hall–Kier alpha value is -2.60. The second-order valence-electron chi connectivity index (χ2n) is 6.49. The minimum absolute atomic E-state index is 0.110. The highest BCUT2D eigenvalue weighted by Crippen LogP contribution is 2.27. The monoisotopic (exact) mass is 355 g/mol. The van der Waals surface area contributed by atoms with Crippen molar-refractivity contribution in [1.29, 1.82) is 0 Å². The van der Waals surface area contributed by atoms with Crippen molar-refractivity contribution in [3.63, 3.8) is 0 Å². The summed E-state index contributed by atoms with van der Waals surface area (Å²) in [7, 11) is 0. The molecule has 3 rings (SSSR count). The third kappa shape index (κ3) is 4.32. The summed E-state index contributed by atoms with van der Waals surface area (Å²) in [4.78, 5) is 26.1. The van der Waals surface area contributed by atoms with E-state index in [1.54, 1.807) is 6.26 Å². The van der Waals surface area contributed by atoms with Crippen LogP contribution in [0.3, 0.4) is 0 Å². The number of hydrogen-bond acceptors (Lipinski definition) is 4. The molecule has 0 saturated carbocycles. The fourth-order valence-electron chi connectivity index (χ4n) is 3.26. The Bertz CT molecular complexity index is 743. The van der Waals surface area contributed by atoms with Crippen molar-refractivity contribution in [1.82, 2.24) is 15.5 Å². The Morgan fingerprint density at radius 3 is 2.62 bits per heavy atom. The molecule has 0 bridgehead atoms. The molecule has 1 atom stereocenters. The molecular formula is C20H25N3O3. The van der Waals surface area contributed by atoms with E-state index in [0.29, 0.717) is 13.1 Å². The van der Waals surface area contributed by atoms with Gasteiger partial charge in [-0.15, -0.1) is 0 Å². The summed E-state index contributed by atoms with van der Waals surface area (Å²) in [6.07, 6.45) is 3.38. The average Bonchev–Trinajstić information content (AvgIpc) is 3.20. The maximum atomic E-state index is 12.0. The Morgan fingerprint density at radius 2 is 1.88 bits per heavy atom. The van der Waals surface area contributed by atoms with Gasteiger partial charge < -0.3 is 15.1 Å². The van der Waals surface area contributed by atoms with Crippen LogP contribution in [0.25, 0.3) is 0 Å². The van der Waals surface area contributed by atoms with E-state index >= 15 is 0 Å². The molecule has 1 aliphatic heterocycles. The first-order valence-corrected chi connectivity index (χ1v) is 9.09. The highest BCUT2D eigenvalue weighted by molar-refractivity contribution is 6.35. The summed E-state index contributed by atoms with van der Waals surface area (Å²) in [5.41, 5.74) is 2.66. The molecule has 2 amide bonds. The Balaban J connectivity index is 1.67. The van der Waals surface area contributed by atoms with Crippen molar-refractivity contribution < 1.29 is 14.0 Å². The number of carbonyl (C=O) groups is 2. The van der Waals surface area contributed by atoms with Gasteiger partial charge in [-0.05, 0) is 36.1 Å². The fourth-order valence-corrected chi connectivity index (χ4v) is 3.26. The van der Waals surface area contributed by atoms with Gasteiger partial charge in [0.15, 0.2) is 0 Å². The summed E-state index contributed by atoms with van der Waals surface area (Å²) in [5, 5.41) is 5.34. The number of nitrogens with zero attached hydrogens (tertiary/aromatic N) is 1. The van der Waals surface area contributed by atoms with E-state index in [4.69, 9.17) is 4.42 Å². The van der Waals surface area contributed by atoms with Crippen LogP contribution in [-0.2, 0) is 22.6 Å². The van der Waals surface area contributed by atoms with Gasteiger partial charge in [0.2, 0.25) is 0 Å². The lowest BCUT2D eigenvalue weighted by Crippen LogP contribution is -2.45. The third-order valence-electron chi connectivity index (χ3n) is 4.67. The molecular weight excluding hydrogens is 330 g/mol. The predicted molar refractivity (Wildman–Crippen MR) is 98.3 cm³/mol. The maximum absolute atomic E-state index is 12.0. The zero-order valence-corrected chi connectivity index (χ0v) is 15.0. The Kier molecular flexibility index (Phi) is 6.07. The van der Waals surface area contributed by atoms with E-state index in [0.717, 1.165) is 31.7 Å². The molecule has 26 heavy (non-hydrogen) atoms. The number of hydrogen-bond donors (Lipinski definition) is 2. The number of carbonyl (C=O) groups excluding carboxylic acids is 2. The minimum Gasteiger partial charge on any atom is -0.468 e. The van der Waals surface area contributed by atoms with Crippen LogP contribution in [0.4, 0.5) is 0 Å². The SMILES string of the molecule is CCCNC(=O)C(=O)NC[C@@H](c1ccco1)N1CCc2ccccc2C1. The van der Waals surface area contributed by atoms with Crippen LogP contribution in [-0.4, -0.2) is 36.3 Å². The molecule has 0 spiro atoms. The summed E-state index contributed by atoms with van der Waals surface area (Å²) in [6, 6.07) is 12.1. The lowest BCUT2D eigenvalue weighted by Gasteiger charge is -2.34. The van der Waals surface area contributed by atoms with E-state index in [1.165, 1.54) is 11.1 Å². The van der Waals surface area contributed by atoms with Crippen molar-refractivity contribution in [2.75, 3.05) is 19.6 Å². The zero-order valence-electron chi connectivity index (χ0n) is 15.0. The number of rotatable bonds is 6. The van der Waals surface area contributed by atoms with E-state index in [2.05, 4.69) is 33.7 Å². The number of nitrogens with one attached hydrogen (secondary N) is 2. The number of amides is 2. The summed E-state index contributed by atoms with van der Waals surface area (Å²) < 4.78 is 5.60. The molecule has 2 aromatic rings. The minimum atomic E-state index is -0.604. The molecule has 6 heteroatoms. The standard InChI is InChI=1S/C20H25N3O3/c1-2-10-21-19(24)20(25)22-13-17(18-8-5-12-26-18)23-11-9-15-6-3-4-7-16(15)14-23/h3-8,12,17H,2,9-11,13-14H2,1H3,(H,21,24)(H,22,25)/t17-/m0/s1. The van der Waals surface area contributed by atoms with Gasteiger partial charge in [0.1, 0.15) is 5.76 Å². The van der Waals surface area contributed by atoms with Gasteiger partial charge in [-0.25, -0.2) is 0 Å². The molecule has 2 N–H and O–H groups in total. The molecule has 0 aliphatic carbocycles. The van der Waals surface area contributed by atoms with Gasteiger partial charge in [-0.3, -0.25) is 14.5 Å². The lowest BCUT2D eigenvalue weighted by molar-refractivity contribution is -0.139. The maximum Gasteiger partial charge on any atom is 0.309 e. The van der Waals surface area contributed by atoms with Gasteiger partial charge in [0.25, 0.3) is 0 Å². The van der Waals surface area contributed by atoms with E-state index in [9.17, 15) is 9.59 Å². The molecule has 0 unspecified atom stereocenters. The second kappa shape index (κ2) is 8.67. The van der Waals surface area contributed by atoms with Crippen LogP contribution in [0.1, 0.15) is 36.3 Å². The summed E-state index contributed by atoms with van der Waals surface area (Å²) in [6.45, 7) is 4.43. The van der Waals surface area contributed by atoms with Crippen LogP contribution in [0.2, 0.25) is 0 Å². The highest BCUT2D eigenvalue weighted by atomic mass is 16.3. The van der Waals surface area contributed by atoms with Crippen LogP contribution < -0.4 is 10.6 Å². The Labute approximate surface area is 153 Å². The molecule has 0 fully saturated rings. The number of benzene rings is 1. The normalized spacial score (nSPS) is 15.1. The first kappa shape index (κ1) is 18.2. The molecule has 1 aliphatic rings. The lowest BCUT2D eigenvalue weighted by atomic mass is 9.98. The van der Waals surface area contributed by atoms with Crippen LogP contribution >= 0.6 is 0 Å². The van der Waals surface area contributed by atoms with E-state index in [-0.39, 0.29) is 6.04 Å². The Morgan fingerprint density at radius 1 is 1.12 bits per heavy atom. The predicted octanol–water partition coefficient (Wildman–Crippen LogP) is 2.02. The number of furan rings is 1. The van der Waals surface area contributed by atoms with Crippen molar-refractivity contribution in [3.8, 4) is 0 Å². The van der Waals surface area contributed by atoms with Crippen molar-refractivity contribution in [3.05, 3.63) is 59.5 Å². The van der Waals surface area contributed by atoms with Crippen LogP contribution in [0.5, 0.6) is 0 Å². The summed E-state index contributed by atoms with van der Waals surface area (Å²) >= 11 is 0. The van der Waals surface area contributed by atoms with Gasteiger partial charge in [-0.1, -0.05) is 31.2 Å². The molecule has 0 saturated heterocycles. The van der Waals surface area contributed by atoms with E-state index < -0.39 is 11.8 Å². The topological polar surface area (TPSA) is 74.6 Å². The highest BCUT2D eigenvalue weighted by Gasteiger charge is 2.27. The van der Waals surface area contributed by atoms with Crippen LogP contribution in [0, 0.1) is 0 Å². The van der Waals surface area contributed by atoms with Crippen LogP contribution in [0.15, 0.2) is 47.1 Å². The first-order valence-electron chi connectivity index (χ1n) is 9.09. The first-order chi connectivity index (χ1) is 12.7. The van der Waals surface area contributed by atoms with Crippen molar-refractivity contribution >= 4 is 11.8 Å². The quantitative estimate of drug-likeness (QED) is 0.778. The van der Waals surface area contributed by atoms with Gasteiger partial charge in [0.05, 0.1) is 12.3 Å². The molecule has 6 nitrogen and oxygen atoms in total. The molecule has 0 radical (unpaired) electrons.